The average Bonchev–Trinajstić information content (AvgIpc) is 3.44. The first-order valence-corrected chi connectivity index (χ1v) is 13.5. The normalized spacial score (nSPS) is 36.7. The number of nitrogens with zero attached hydrogens (tertiary/aromatic N) is 1. The summed E-state index contributed by atoms with van der Waals surface area (Å²) in [5.74, 6) is 2.43. The Balaban J connectivity index is 1.21. The van der Waals surface area contributed by atoms with Crippen molar-refractivity contribution in [1.82, 2.24) is 15.2 Å². The van der Waals surface area contributed by atoms with E-state index in [2.05, 4.69) is 55.3 Å². The number of fused-ring (bicyclic) bond motifs is 6. The third-order valence-corrected chi connectivity index (χ3v) is 10.7. The number of carbonyl (C=O) groups excluding carboxylic acids is 2. The van der Waals surface area contributed by atoms with Crippen LogP contribution in [0.3, 0.4) is 0 Å². The zero-order valence-electron chi connectivity index (χ0n) is 21.6. The number of nitrogens with one attached hydrogen (secondary N) is 2. The van der Waals surface area contributed by atoms with E-state index in [-0.39, 0.29) is 28.6 Å². The lowest BCUT2D eigenvalue weighted by Crippen LogP contribution is -2.55. The predicted molar refractivity (Wildman–Crippen MR) is 138 cm³/mol. The van der Waals surface area contributed by atoms with Gasteiger partial charge in [-0.05, 0) is 97.8 Å². The maximum atomic E-state index is 13.5. The van der Waals surface area contributed by atoms with Crippen LogP contribution in [-0.4, -0.2) is 28.7 Å². The molecular formula is C30H39N3O2. The summed E-state index contributed by atoms with van der Waals surface area (Å²) in [5.41, 5.74) is 5.16. The molecule has 1 saturated heterocycles. The lowest BCUT2D eigenvalue weighted by atomic mass is 9.48. The maximum absolute atomic E-state index is 13.5. The number of aromatic amines is 1. The Hall–Kier alpha value is -2.56. The molecule has 0 spiro atoms. The van der Waals surface area contributed by atoms with E-state index in [4.69, 9.17) is 0 Å². The number of H-pyrrole nitrogens is 1. The molecule has 1 aliphatic heterocycles. The zero-order valence-corrected chi connectivity index (χ0v) is 21.6. The number of benzene rings is 1. The van der Waals surface area contributed by atoms with Gasteiger partial charge in [0.1, 0.15) is 0 Å². The van der Waals surface area contributed by atoms with Crippen molar-refractivity contribution in [1.29, 1.82) is 0 Å². The Morgan fingerprint density at radius 1 is 1.14 bits per heavy atom. The highest BCUT2D eigenvalue weighted by atomic mass is 16.2. The fourth-order valence-electron chi connectivity index (χ4n) is 9.06. The Labute approximate surface area is 208 Å². The minimum atomic E-state index is 0.0698. The molecule has 5 nitrogen and oxygen atoms in total. The highest BCUT2D eigenvalue weighted by Crippen LogP contribution is 2.66. The van der Waals surface area contributed by atoms with Gasteiger partial charge in [-0.1, -0.05) is 25.5 Å². The smallest absolute Gasteiger partial charge is 0.226 e. The Morgan fingerprint density at radius 2 is 1.97 bits per heavy atom. The van der Waals surface area contributed by atoms with Crippen LogP contribution in [-0.2, 0) is 16.1 Å². The summed E-state index contributed by atoms with van der Waals surface area (Å²) in [6.07, 6.45) is 9.11. The first-order valence-electron chi connectivity index (χ1n) is 13.5. The van der Waals surface area contributed by atoms with Crippen molar-refractivity contribution >= 4 is 22.7 Å². The van der Waals surface area contributed by atoms with Crippen LogP contribution < -0.4 is 5.32 Å². The molecule has 3 aliphatic carbocycles. The number of amides is 2. The highest BCUT2D eigenvalue weighted by molar-refractivity contribution is 5.82. The second-order valence-electron chi connectivity index (χ2n) is 12.4. The van der Waals surface area contributed by atoms with E-state index in [1.54, 1.807) is 0 Å². The van der Waals surface area contributed by atoms with Gasteiger partial charge in [0.05, 0.1) is 0 Å². The second-order valence-corrected chi connectivity index (χ2v) is 12.4. The summed E-state index contributed by atoms with van der Waals surface area (Å²) in [6.45, 7) is 7.68. The van der Waals surface area contributed by atoms with Crippen LogP contribution in [0.1, 0.15) is 71.3 Å². The predicted octanol–water partition coefficient (Wildman–Crippen LogP) is 5.78. The van der Waals surface area contributed by atoms with Crippen molar-refractivity contribution in [2.24, 2.45) is 34.5 Å². The maximum Gasteiger partial charge on any atom is 0.226 e. The van der Waals surface area contributed by atoms with E-state index in [0.29, 0.717) is 30.7 Å². The number of aromatic nitrogens is 1. The summed E-state index contributed by atoms with van der Waals surface area (Å²) in [4.78, 5) is 31.2. The standard InChI is InChI=1S/C30H39N3O2/c1-18-15-21-22-6-7-24(28(35)32-17-19-5-8-25-20(16-19)11-14-31-25)29(22,2)12-9-23(21)30(3)13-10-26(34)33(4)27(18)30/h5,8,11,14,16,21-24,31H,6-7,9-10,12-13,15,17H2,1-4H3,(H,32,35)/t21-,22-,23-,24+,29-,30+/m0/s1. The van der Waals surface area contributed by atoms with Crippen LogP contribution in [0.2, 0.25) is 0 Å². The molecule has 0 unspecified atom stereocenters. The Morgan fingerprint density at radius 3 is 2.80 bits per heavy atom. The van der Waals surface area contributed by atoms with Crippen molar-refractivity contribution in [2.75, 3.05) is 7.05 Å². The molecule has 2 heterocycles. The molecule has 3 fully saturated rings. The molecule has 4 aliphatic rings. The van der Waals surface area contributed by atoms with Gasteiger partial charge in [0, 0.05) is 48.8 Å². The van der Waals surface area contributed by atoms with Crippen LogP contribution in [0.5, 0.6) is 0 Å². The van der Waals surface area contributed by atoms with Gasteiger partial charge in [0.2, 0.25) is 11.8 Å². The quantitative estimate of drug-likeness (QED) is 0.594. The van der Waals surface area contributed by atoms with E-state index >= 15 is 0 Å². The lowest BCUT2D eigenvalue weighted by molar-refractivity contribution is -0.138. The molecule has 35 heavy (non-hydrogen) atoms. The fraction of sp³-hybridized carbons (Fsp3) is 0.600. The van der Waals surface area contributed by atoms with Crippen molar-refractivity contribution in [3.63, 3.8) is 0 Å². The molecule has 2 saturated carbocycles. The van der Waals surface area contributed by atoms with Crippen LogP contribution in [0, 0.1) is 34.5 Å². The molecule has 2 N–H and O–H groups in total. The number of hydrogen-bond acceptors (Lipinski definition) is 2. The first kappa shape index (κ1) is 22.9. The summed E-state index contributed by atoms with van der Waals surface area (Å²) in [7, 11) is 1.98. The molecular weight excluding hydrogens is 434 g/mol. The molecule has 5 heteroatoms. The van der Waals surface area contributed by atoms with Crippen molar-refractivity contribution in [2.45, 2.75) is 72.3 Å². The minimum Gasteiger partial charge on any atom is -0.361 e. The second kappa shape index (κ2) is 7.97. The van der Waals surface area contributed by atoms with E-state index in [9.17, 15) is 9.59 Å². The SMILES string of the molecule is CC1=C2N(C)C(=O)CC[C@]2(C)[C@H]2CC[C@]3(C)[C@@H](C(=O)NCc4ccc5[nH]ccc5c4)CC[C@H]3[C@@H]2C1. The highest BCUT2D eigenvalue weighted by Gasteiger charge is 2.61. The summed E-state index contributed by atoms with van der Waals surface area (Å²) in [5, 5.41) is 4.48. The molecule has 0 bridgehead atoms. The van der Waals surface area contributed by atoms with E-state index < -0.39 is 0 Å². The monoisotopic (exact) mass is 473 g/mol. The van der Waals surface area contributed by atoms with Gasteiger partial charge in [-0.3, -0.25) is 9.59 Å². The van der Waals surface area contributed by atoms with E-state index in [1.165, 1.54) is 23.1 Å². The zero-order chi connectivity index (χ0) is 24.5. The minimum absolute atomic E-state index is 0.0698. The van der Waals surface area contributed by atoms with Gasteiger partial charge in [0.15, 0.2) is 0 Å². The molecule has 186 valence electrons. The van der Waals surface area contributed by atoms with Gasteiger partial charge < -0.3 is 15.2 Å². The first-order chi connectivity index (χ1) is 16.7. The van der Waals surface area contributed by atoms with Crippen LogP contribution in [0.25, 0.3) is 10.9 Å². The fourth-order valence-corrected chi connectivity index (χ4v) is 9.06. The Bertz CT molecular complexity index is 1230. The number of allylic oxidation sites excluding steroid dienone is 2. The van der Waals surface area contributed by atoms with Crippen LogP contribution in [0.4, 0.5) is 0 Å². The molecule has 2 aromatic rings. The summed E-state index contributed by atoms with van der Waals surface area (Å²) >= 11 is 0. The Kier molecular flexibility index (Phi) is 5.21. The van der Waals surface area contributed by atoms with Gasteiger partial charge in [-0.25, -0.2) is 0 Å². The largest absolute Gasteiger partial charge is 0.361 e. The summed E-state index contributed by atoms with van der Waals surface area (Å²) in [6, 6.07) is 8.44. The van der Waals surface area contributed by atoms with Gasteiger partial charge in [-0.2, -0.15) is 0 Å². The average molecular weight is 474 g/mol. The van der Waals surface area contributed by atoms with Gasteiger partial charge >= 0.3 is 0 Å². The summed E-state index contributed by atoms with van der Waals surface area (Å²) < 4.78 is 0. The number of piperidine rings is 1. The number of carbonyl (C=O) groups is 2. The number of likely N-dealkylation sites (tertiary alicyclic amines) is 1. The third-order valence-electron chi connectivity index (χ3n) is 10.7. The molecule has 1 aromatic carbocycles. The van der Waals surface area contributed by atoms with Crippen LogP contribution >= 0.6 is 0 Å². The lowest BCUT2D eigenvalue weighted by Gasteiger charge is -2.59. The van der Waals surface area contributed by atoms with Crippen molar-refractivity contribution in [3.05, 3.63) is 47.3 Å². The van der Waals surface area contributed by atoms with Crippen molar-refractivity contribution < 1.29 is 9.59 Å². The van der Waals surface area contributed by atoms with Gasteiger partial charge in [0.25, 0.3) is 0 Å². The molecule has 1 aromatic heterocycles. The van der Waals surface area contributed by atoms with Gasteiger partial charge in [-0.15, -0.1) is 0 Å². The molecule has 0 radical (unpaired) electrons. The number of hydrogen-bond donors (Lipinski definition) is 2. The van der Waals surface area contributed by atoms with E-state index in [0.717, 1.165) is 43.2 Å². The van der Waals surface area contributed by atoms with Crippen LogP contribution in [0.15, 0.2) is 41.7 Å². The molecule has 2 amide bonds. The third kappa shape index (κ3) is 3.33. The topological polar surface area (TPSA) is 65.2 Å². The van der Waals surface area contributed by atoms with Crippen molar-refractivity contribution in [3.8, 4) is 0 Å². The number of rotatable bonds is 3. The van der Waals surface area contributed by atoms with E-state index in [1.807, 2.05) is 18.1 Å². The molecule has 6 atom stereocenters. The molecule has 6 rings (SSSR count).